The standard InChI is InChI=1S/C18H22FNO4/c19-13-3-1-12(2-4-13)15-11-16(15)18(23)20(8-5-17(21)22)14-6-9-24-10-7-14/h1-4,14-16H,5-11H2,(H,21,22). The average molecular weight is 335 g/mol. The molecule has 5 nitrogen and oxygen atoms in total. The molecule has 1 aliphatic carbocycles. The van der Waals surface area contributed by atoms with Crippen molar-refractivity contribution in [3.05, 3.63) is 35.6 Å². The van der Waals surface area contributed by atoms with Crippen LogP contribution in [0.1, 0.15) is 37.2 Å². The van der Waals surface area contributed by atoms with Crippen LogP contribution < -0.4 is 0 Å². The molecule has 6 heteroatoms. The SMILES string of the molecule is O=C(O)CCN(C(=O)C1CC1c1ccc(F)cc1)C1CCOCC1. The van der Waals surface area contributed by atoms with Crippen LogP contribution in [-0.2, 0) is 14.3 Å². The average Bonchev–Trinajstić information content (AvgIpc) is 3.37. The number of carboxylic acids is 1. The Bertz CT molecular complexity index is 598. The number of nitrogens with zero attached hydrogens (tertiary/aromatic N) is 1. The van der Waals surface area contributed by atoms with E-state index in [0.717, 1.165) is 24.8 Å². The Balaban J connectivity index is 1.66. The highest BCUT2D eigenvalue weighted by atomic mass is 19.1. The maximum Gasteiger partial charge on any atom is 0.305 e. The lowest BCUT2D eigenvalue weighted by Crippen LogP contribution is -2.45. The van der Waals surface area contributed by atoms with E-state index in [1.165, 1.54) is 12.1 Å². The van der Waals surface area contributed by atoms with E-state index in [1.807, 2.05) is 0 Å². The van der Waals surface area contributed by atoms with Gasteiger partial charge in [-0.15, -0.1) is 0 Å². The van der Waals surface area contributed by atoms with Gasteiger partial charge >= 0.3 is 5.97 Å². The molecule has 1 aromatic carbocycles. The summed E-state index contributed by atoms with van der Waals surface area (Å²) in [5.74, 6) is -1.16. The number of rotatable bonds is 6. The van der Waals surface area contributed by atoms with Crippen LogP contribution in [0.25, 0.3) is 0 Å². The molecule has 1 aromatic rings. The quantitative estimate of drug-likeness (QED) is 0.867. The molecule has 0 spiro atoms. The van der Waals surface area contributed by atoms with Crippen LogP contribution in [0.2, 0.25) is 0 Å². The van der Waals surface area contributed by atoms with Gasteiger partial charge in [-0.2, -0.15) is 0 Å². The fraction of sp³-hybridized carbons (Fsp3) is 0.556. The summed E-state index contributed by atoms with van der Waals surface area (Å²) in [4.78, 5) is 25.5. The molecule has 1 heterocycles. The van der Waals surface area contributed by atoms with Crippen LogP contribution in [0, 0.1) is 11.7 Å². The van der Waals surface area contributed by atoms with E-state index in [-0.39, 0.29) is 42.6 Å². The van der Waals surface area contributed by atoms with Gasteiger partial charge in [-0.25, -0.2) is 4.39 Å². The Morgan fingerprint density at radius 2 is 1.88 bits per heavy atom. The lowest BCUT2D eigenvalue weighted by atomic mass is 10.0. The smallest absolute Gasteiger partial charge is 0.305 e. The van der Waals surface area contributed by atoms with E-state index in [0.29, 0.717) is 13.2 Å². The Kier molecular flexibility index (Phi) is 5.14. The van der Waals surface area contributed by atoms with Crippen LogP contribution >= 0.6 is 0 Å². The first-order valence-corrected chi connectivity index (χ1v) is 8.41. The van der Waals surface area contributed by atoms with Gasteiger partial charge in [0.25, 0.3) is 0 Å². The normalized spacial score (nSPS) is 23.7. The lowest BCUT2D eigenvalue weighted by Gasteiger charge is -2.34. The third kappa shape index (κ3) is 3.93. The summed E-state index contributed by atoms with van der Waals surface area (Å²) in [6.07, 6.45) is 2.20. The number of carbonyl (C=O) groups is 2. The predicted octanol–water partition coefficient (Wildman–Crippen LogP) is 2.41. The van der Waals surface area contributed by atoms with Crippen LogP contribution in [0.3, 0.4) is 0 Å². The second kappa shape index (κ2) is 7.30. The first-order chi connectivity index (χ1) is 11.6. The van der Waals surface area contributed by atoms with E-state index < -0.39 is 5.97 Å². The monoisotopic (exact) mass is 335 g/mol. The molecule has 1 aliphatic heterocycles. The molecule has 2 atom stereocenters. The van der Waals surface area contributed by atoms with Crippen molar-refractivity contribution in [2.45, 2.75) is 37.6 Å². The highest BCUT2D eigenvalue weighted by Crippen LogP contribution is 2.48. The van der Waals surface area contributed by atoms with Gasteiger partial charge in [0.1, 0.15) is 5.82 Å². The van der Waals surface area contributed by atoms with Crippen molar-refractivity contribution in [1.29, 1.82) is 0 Å². The first kappa shape index (κ1) is 16.9. The Morgan fingerprint density at radius 3 is 2.50 bits per heavy atom. The molecule has 1 saturated carbocycles. The number of aliphatic carboxylic acids is 1. The van der Waals surface area contributed by atoms with Gasteiger partial charge in [0.2, 0.25) is 5.91 Å². The molecule has 0 radical (unpaired) electrons. The molecule has 2 aliphatic rings. The van der Waals surface area contributed by atoms with Crippen LogP contribution in [-0.4, -0.2) is 47.7 Å². The topological polar surface area (TPSA) is 66.8 Å². The molecule has 0 bridgehead atoms. The minimum Gasteiger partial charge on any atom is -0.481 e. The minimum absolute atomic E-state index is 0.0254. The van der Waals surface area contributed by atoms with E-state index in [9.17, 15) is 14.0 Å². The number of ether oxygens (including phenoxy) is 1. The molecule has 130 valence electrons. The Morgan fingerprint density at radius 1 is 1.21 bits per heavy atom. The number of hydrogen-bond acceptors (Lipinski definition) is 3. The number of hydrogen-bond donors (Lipinski definition) is 1. The largest absolute Gasteiger partial charge is 0.481 e. The number of amides is 1. The highest BCUT2D eigenvalue weighted by Gasteiger charge is 2.46. The fourth-order valence-corrected chi connectivity index (χ4v) is 3.44. The number of carboxylic acid groups (broad SMARTS) is 1. The predicted molar refractivity (Wildman–Crippen MR) is 85.1 cm³/mol. The van der Waals surface area contributed by atoms with Crippen molar-refractivity contribution < 1.29 is 23.8 Å². The summed E-state index contributed by atoms with van der Waals surface area (Å²) in [6, 6.07) is 6.33. The molecule has 0 aromatic heterocycles. The maximum absolute atomic E-state index is 13.0. The summed E-state index contributed by atoms with van der Waals surface area (Å²) in [6.45, 7) is 1.45. The number of benzene rings is 1. The van der Waals surface area contributed by atoms with Crippen molar-refractivity contribution in [3.63, 3.8) is 0 Å². The summed E-state index contributed by atoms with van der Waals surface area (Å²) >= 11 is 0. The molecular weight excluding hydrogens is 313 g/mol. The minimum atomic E-state index is -0.897. The van der Waals surface area contributed by atoms with Crippen LogP contribution in [0.4, 0.5) is 4.39 Å². The van der Waals surface area contributed by atoms with Crippen LogP contribution in [0.5, 0.6) is 0 Å². The van der Waals surface area contributed by atoms with Gasteiger partial charge < -0.3 is 14.7 Å². The number of halogens is 1. The van der Waals surface area contributed by atoms with Crippen molar-refractivity contribution in [2.75, 3.05) is 19.8 Å². The molecule has 24 heavy (non-hydrogen) atoms. The second-order valence-electron chi connectivity index (χ2n) is 6.52. The van der Waals surface area contributed by atoms with Crippen LogP contribution in [0.15, 0.2) is 24.3 Å². The van der Waals surface area contributed by atoms with Crippen molar-refractivity contribution in [3.8, 4) is 0 Å². The Labute approximate surface area is 140 Å². The fourth-order valence-electron chi connectivity index (χ4n) is 3.44. The maximum atomic E-state index is 13.0. The molecule has 2 unspecified atom stereocenters. The Hall–Kier alpha value is -1.95. The third-order valence-corrected chi connectivity index (χ3v) is 4.89. The lowest BCUT2D eigenvalue weighted by molar-refractivity contribution is -0.141. The van der Waals surface area contributed by atoms with Gasteiger partial charge in [-0.1, -0.05) is 12.1 Å². The van der Waals surface area contributed by atoms with Gasteiger partial charge in [-0.05, 0) is 42.9 Å². The second-order valence-corrected chi connectivity index (χ2v) is 6.52. The molecule has 3 rings (SSSR count). The zero-order chi connectivity index (χ0) is 17.1. The zero-order valence-electron chi connectivity index (χ0n) is 13.5. The summed E-state index contributed by atoms with van der Waals surface area (Å²) in [5, 5.41) is 8.95. The van der Waals surface area contributed by atoms with E-state index in [2.05, 4.69) is 0 Å². The van der Waals surface area contributed by atoms with Gasteiger partial charge in [0, 0.05) is 31.7 Å². The van der Waals surface area contributed by atoms with Crippen molar-refractivity contribution in [2.24, 2.45) is 5.92 Å². The van der Waals surface area contributed by atoms with E-state index in [1.54, 1.807) is 17.0 Å². The summed E-state index contributed by atoms with van der Waals surface area (Å²) in [7, 11) is 0. The highest BCUT2D eigenvalue weighted by molar-refractivity contribution is 5.83. The van der Waals surface area contributed by atoms with Crippen molar-refractivity contribution in [1.82, 2.24) is 4.90 Å². The summed E-state index contributed by atoms with van der Waals surface area (Å²) < 4.78 is 18.4. The molecule has 1 N–H and O–H groups in total. The summed E-state index contributed by atoms with van der Waals surface area (Å²) in [5.41, 5.74) is 0.972. The molecular formula is C18H22FNO4. The first-order valence-electron chi connectivity index (χ1n) is 8.41. The van der Waals surface area contributed by atoms with Gasteiger partial charge in [0.15, 0.2) is 0 Å². The molecule has 2 fully saturated rings. The third-order valence-electron chi connectivity index (χ3n) is 4.89. The van der Waals surface area contributed by atoms with Gasteiger partial charge in [0.05, 0.1) is 6.42 Å². The van der Waals surface area contributed by atoms with E-state index >= 15 is 0 Å². The number of carbonyl (C=O) groups excluding carboxylic acids is 1. The van der Waals surface area contributed by atoms with Gasteiger partial charge in [-0.3, -0.25) is 9.59 Å². The van der Waals surface area contributed by atoms with Crippen molar-refractivity contribution >= 4 is 11.9 Å². The molecule has 1 amide bonds. The van der Waals surface area contributed by atoms with E-state index in [4.69, 9.17) is 9.84 Å². The molecule has 1 saturated heterocycles. The zero-order valence-corrected chi connectivity index (χ0v) is 13.5.